The predicted octanol–water partition coefficient (Wildman–Crippen LogP) is 6.46. The highest BCUT2D eigenvalue weighted by atomic mass is 32.1. The largest absolute Gasteiger partial charge is 0.481 e. The van der Waals surface area contributed by atoms with Gasteiger partial charge in [0, 0.05) is 18.7 Å². The molecule has 33 heavy (non-hydrogen) atoms. The first kappa shape index (κ1) is 22.8. The number of rotatable bonds is 7. The van der Waals surface area contributed by atoms with E-state index in [9.17, 15) is 14.7 Å². The number of thiazole rings is 2. The van der Waals surface area contributed by atoms with E-state index >= 15 is 0 Å². The number of carboxylic acid groups (broad SMARTS) is 1. The number of nitrogens with zero attached hydrogens (tertiary/aromatic N) is 3. The summed E-state index contributed by atoms with van der Waals surface area (Å²) in [6.45, 7) is 5.57. The fourth-order valence-electron chi connectivity index (χ4n) is 3.41. The van der Waals surface area contributed by atoms with E-state index in [0.29, 0.717) is 17.2 Å². The quantitative estimate of drug-likeness (QED) is 0.330. The first-order valence-corrected chi connectivity index (χ1v) is 12.1. The lowest BCUT2D eigenvalue weighted by molar-refractivity contribution is -0.136. The molecule has 168 valence electrons. The van der Waals surface area contributed by atoms with Crippen molar-refractivity contribution >= 4 is 67.2 Å². The summed E-state index contributed by atoms with van der Waals surface area (Å²) < 4.78 is 1.05. The second-order valence-electron chi connectivity index (χ2n) is 7.73. The molecule has 0 aliphatic heterocycles. The number of amides is 1. The van der Waals surface area contributed by atoms with Gasteiger partial charge < -0.3 is 5.11 Å². The fraction of sp³-hybridized carbons (Fsp3) is 0.200. The van der Waals surface area contributed by atoms with Crippen LogP contribution in [0.4, 0.5) is 10.8 Å². The maximum absolute atomic E-state index is 12.5. The Bertz CT molecular complexity index is 1340. The number of hydrogen-bond acceptors (Lipinski definition) is 6. The van der Waals surface area contributed by atoms with Crippen molar-refractivity contribution in [1.82, 2.24) is 9.97 Å². The molecular formula is C25H23N3O3S2. The van der Waals surface area contributed by atoms with Gasteiger partial charge in [0.1, 0.15) is 5.01 Å². The van der Waals surface area contributed by atoms with Crippen molar-refractivity contribution in [2.45, 2.75) is 33.6 Å². The van der Waals surface area contributed by atoms with Gasteiger partial charge in [-0.15, -0.1) is 22.7 Å². The number of para-hydroxylation sites is 1. The van der Waals surface area contributed by atoms with Crippen LogP contribution in [0.25, 0.3) is 21.9 Å². The van der Waals surface area contributed by atoms with E-state index in [1.807, 2.05) is 67.8 Å². The zero-order valence-electron chi connectivity index (χ0n) is 18.5. The Morgan fingerprint density at radius 2 is 1.85 bits per heavy atom. The Morgan fingerprint density at radius 1 is 1.06 bits per heavy atom. The Kier molecular flexibility index (Phi) is 6.67. The standard InChI is InChI=1S/C25H23N3O3S2/c1-15-8-10-20(12-16(15)2)28(17(3)29)25-26-19(14-32-25)13-18(9-11-23(30)31)24-27-21-6-4-5-7-22(21)33-24/h4-8,10,12-14H,9,11H2,1-3H3,(H,30,31). The van der Waals surface area contributed by atoms with Crippen LogP contribution < -0.4 is 4.90 Å². The molecule has 4 rings (SSSR count). The number of allylic oxidation sites excluding steroid dienone is 1. The van der Waals surface area contributed by atoms with Gasteiger partial charge in [-0.3, -0.25) is 14.5 Å². The number of aryl methyl sites for hydroxylation is 2. The van der Waals surface area contributed by atoms with Gasteiger partial charge in [-0.25, -0.2) is 9.97 Å². The van der Waals surface area contributed by atoms with Crippen LogP contribution in [0, 0.1) is 13.8 Å². The van der Waals surface area contributed by atoms with E-state index in [0.717, 1.165) is 37.6 Å². The fourth-order valence-corrected chi connectivity index (χ4v) is 5.26. The smallest absolute Gasteiger partial charge is 0.303 e. The van der Waals surface area contributed by atoms with Crippen LogP contribution in [0.1, 0.15) is 41.6 Å². The number of aromatic nitrogens is 2. The number of aliphatic carboxylic acids is 1. The SMILES string of the molecule is CC(=O)N(c1ccc(C)c(C)c1)c1nc(C=C(CCC(=O)O)c2nc3ccccc3s2)cs1. The van der Waals surface area contributed by atoms with Gasteiger partial charge >= 0.3 is 5.97 Å². The van der Waals surface area contributed by atoms with Gasteiger partial charge in [-0.2, -0.15) is 0 Å². The predicted molar refractivity (Wildman–Crippen MR) is 135 cm³/mol. The van der Waals surface area contributed by atoms with Gasteiger partial charge in [0.05, 0.1) is 21.6 Å². The van der Waals surface area contributed by atoms with Gasteiger partial charge in [0.2, 0.25) is 5.91 Å². The van der Waals surface area contributed by atoms with E-state index < -0.39 is 5.97 Å². The Morgan fingerprint density at radius 3 is 2.55 bits per heavy atom. The van der Waals surface area contributed by atoms with Crippen molar-refractivity contribution in [3.8, 4) is 0 Å². The first-order chi connectivity index (χ1) is 15.8. The average molecular weight is 478 g/mol. The van der Waals surface area contributed by atoms with Crippen molar-refractivity contribution in [3.05, 3.63) is 69.7 Å². The maximum atomic E-state index is 12.5. The lowest BCUT2D eigenvalue weighted by Gasteiger charge is -2.19. The van der Waals surface area contributed by atoms with Crippen molar-refractivity contribution in [3.63, 3.8) is 0 Å². The van der Waals surface area contributed by atoms with Crippen LogP contribution in [-0.2, 0) is 9.59 Å². The summed E-state index contributed by atoms with van der Waals surface area (Å²) in [5, 5.41) is 12.4. The highest BCUT2D eigenvalue weighted by Crippen LogP contribution is 2.34. The van der Waals surface area contributed by atoms with Crippen molar-refractivity contribution in [2.24, 2.45) is 0 Å². The lowest BCUT2D eigenvalue weighted by atomic mass is 10.1. The summed E-state index contributed by atoms with van der Waals surface area (Å²) in [5.74, 6) is -0.987. The van der Waals surface area contributed by atoms with Crippen LogP contribution in [0.3, 0.4) is 0 Å². The Labute approximate surface area is 199 Å². The molecule has 0 saturated carbocycles. The summed E-state index contributed by atoms with van der Waals surface area (Å²) in [5.41, 5.74) is 5.40. The zero-order chi connectivity index (χ0) is 23.5. The van der Waals surface area contributed by atoms with Crippen molar-refractivity contribution in [1.29, 1.82) is 0 Å². The summed E-state index contributed by atoms with van der Waals surface area (Å²) in [6, 6.07) is 13.7. The van der Waals surface area contributed by atoms with Crippen LogP contribution in [-0.4, -0.2) is 27.0 Å². The number of carbonyl (C=O) groups is 2. The molecule has 1 amide bonds. The highest BCUT2D eigenvalue weighted by Gasteiger charge is 2.19. The second-order valence-corrected chi connectivity index (χ2v) is 9.60. The molecule has 2 heterocycles. The minimum absolute atomic E-state index is 0.000959. The minimum Gasteiger partial charge on any atom is -0.481 e. The Balaban J connectivity index is 1.71. The summed E-state index contributed by atoms with van der Waals surface area (Å²) in [4.78, 5) is 34.7. The molecule has 0 aliphatic rings. The molecule has 2 aromatic heterocycles. The average Bonchev–Trinajstić information content (AvgIpc) is 3.40. The van der Waals surface area contributed by atoms with Gasteiger partial charge in [0.15, 0.2) is 5.13 Å². The lowest BCUT2D eigenvalue weighted by Crippen LogP contribution is -2.22. The number of benzene rings is 2. The van der Waals surface area contributed by atoms with E-state index in [-0.39, 0.29) is 12.3 Å². The molecule has 0 radical (unpaired) electrons. The van der Waals surface area contributed by atoms with Crippen molar-refractivity contribution in [2.75, 3.05) is 4.90 Å². The van der Waals surface area contributed by atoms with Crippen molar-refractivity contribution < 1.29 is 14.7 Å². The molecule has 0 fully saturated rings. The highest BCUT2D eigenvalue weighted by molar-refractivity contribution is 7.19. The van der Waals surface area contributed by atoms with E-state index in [2.05, 4.69) is 4.98 Å². The van der Waals surface area contributed by atoms with Gasteiger partial charge in [-0.1, -0.05) is 18.2 Å². The molecular weight excluding hydrogens is 454 g/mol. The summed E-state index contributed by atoms with van der Waals surface area (Å²) >= 11 is 2.91. The first-order valence-electron chi connectivity index (χ1n) is 10.4. The minimum atomic E-state index is -0.863. The maximum Gasteiger partial charge on any atom is 0.303 e. The topological polar surface area (TPSA) is 83.4 Å². The third-order valence-corrected chi connectivity index (χ3v) is 7.22. The molecule has 2 aromatic carbocycles. The Hall–Kier alpha value is -3.36. The van der Waals surface area contributed by atoms with E-state index in [4.69, 9.17) is 4.98 Å². The van der Waals surface area contributed by atoms with Crippen LogP contribution >= 0.6 is 22.7 Å². The number of carboxylic acids is 1. The van der Waals surface area contributed by atoms with E-state index in [1.54, 1.807) is 4.90 Å². The van der Waals surface area contributed by atoms with Crippen LogP contribution in [0.2, 0.25) is 0 Å². The van der Waals surface area contributed by atoms with Crippen LogP contribution in [0.15, 0.2) is 47.8 Å². The van der Waals surface area contributed by atoms with Gasteiger partial charge in [0.25, 0.3) is 0 Å². The monoisotopic (exact) mass is 477 g/mol. The molecule has 8 heteroatoms. The number of carbonyl (C=O) groups excluding carboxylic acids is 1. The van der Waals surface area contributed by atoms with E-state index in [1.165, 1.54) is 29.6 Å². The molecule has 6 nitrogen and oxygen atoms in total. The normalized spacial score (nSPS) is 11.7. The van der Waals surface area contributed by atoms with Crippen LogP contribution in [0.5, 0.6) is 0 Å². The number of hydrogen-bond donors (Lipinski definition) is 1. The molecule has 0 atom stereocenters. The molecule has 0 bridgehead atoms. The summed E-state index contributed by atoms with van der Waals surface area (Å²) in [7, 11) is 0. The number of anilines is 2. The summed E-state index contributed by atoms with van der Waals surface area (Å²) in [6.07, 6.45) is 2.22. The molecule has 0 saturated heterocycles. The third-order valence-electron chi connectivity index (χ3n) is 5.26. The molecule has 1 N–H and O–H groups in total. The number of fused-ring (bicyclic) bond motifs is 1. The molecule has 4 aromatic rings. The molecule has 0 aliphatic carbocycles. The van der Waals surface area contributed by atoms with Gasteiger partial charge in [-0.05, 0) is 67.3 Å². The zero-order valence-corrected chi connectivity index (χ0v) is 20.2. The third kappa shape index (κ3) is 5.18. The molecule has 0 unspecified atom stereocenters. The molecule has 0 spiro atoms. The second kappa shape index (κ2) is 9.64.